The van der Waals surface area contributed by atoms with Crippen LogP contribution in [0.25, 0.3) is 0 Å². The largest absolute Gasteiger partial charge is 0.481 e. The summed E-state index contributed by atoms with van der Waals surface area (Å²) in [6.45, 7) is 5.88. The maximum absolute atomic E-state index is 13.6. The monoisotopic (exact) mass is 378 g/mol. The number of amides is 1. The molecule has 1 atom stereocenters. The number of ether oxygens (including phenoxy) is 1. The van der Waals surface area contributed by atoms with Gasteiger partial charge in [-0.25, -0.2) is 9.37 Å². The lowest BCUT2D eigenvalue weighted by Gasteiger charge is -2.26. The Hall–Kier alpha value is -3.21. The normalized spacial score (nSPS) is 11.7. The fourth-order valence-corrected chi connectivity index (χ4v) is 2.92. The van der Waals surface area contributed by atoms with Gasteiger partial charge in [0.2, 0.25) is 0 Å². The van der Waals surface area contributed by atoms with Crippen LogP contribution >= 0.6 is 0 Å². The third-order valence-electron chi connectivity index (χ3n) is 4.63. The van der Waals surface area contributed by atoms with Gasteiger partial charge in [-0.1, -0.05) is 30.3 Å². The van der Waals surface area contributed by atoms with E-state index in [1.807, 2.05) is 38.1 Å². The topological polar surface area (TPSA) is 42.4 Å². The van der Waals surface area contributed by atoms with Crippen LogP contribution in [0.1, 0.15) is 23.6 Å². The molecule has 28 heavy (non-hydrogen) atoms. The molecule has 0 bridgehead atoms. The second-order valence-electron chi connectivity index (χ2n) is 6.70. The van der Waals surface area contributed by atoms with E-state index in [4.69, 9.17) is 4.74 Å². The van der Waals surface area contributed by atoms with E-state index in [0.717, 1.165) is 11.1 Å². The van der Waals surface area contributed by atoms with Crippen molar-refractivity contribution in [3.8, 4) is 5.75 Å². The zero-order valence-electron chi connectivity index (χ0n) is 16.2. The minimum absolute atomic E-state index is 0.202. The van der Waals surface area contributed by atoms with Crippen LogP contribution in [0.5, 0.6) is 5.75 Å². The van der Waals surface area contributed by atoms with E-state index < -0.39 is 6.10 Å². The first-order valence-corrected chi connectivity index (χ1v) is 9.15. The summed E-state index contributed by atoms with van der Waals surface area (Å²) in [5.41, 5.74) is 2.77. The van der Waals surface area contributed by atoms with Crippen molar-refractivity contribution >= 4 is 11.7 Å². The summed E-state index contributed by atoms with van der Waals surface area (Å²) in [5, 5.41) is 0. The average molecular weight is 378 g/mol. The van der Waals surface area contributed by atoms with Crippen molar-refractivity contribution in [2.75, 3.05) is 4.90 Å². The second kappa shape index (κ2) is 8.65. The first-order chi connectivity index (χ1) is 13.5. The zero-order valence-corrected chi connectivity index (χ0v) is 16.2. The molecule has 1 heterocycles. The number of hydrogen-bond acceptors (Lipinski definition) is 3. The van der Waals surface area contributed by atoms with E-state index in [1.165, 1.54) is 17.0 Å². The van der Waals surface area contributed by atoms with E-state index in [2.05, 4.69) is 4.98 Å². The molecule has 1 aromatic heterocycles. The third-order valence-corrected chi connectivity index (χ3v) is 4.63. The molecule has 0 radical (unpaired) electrons. The lowest BCUT2D eigenvalue weighted by molar-refractivity contribution is -0.124. The maximum Gasteiger partial charge on any atom is 0.269 e. The Morgan fingerprint density at radius 1 is 1.11 bits per heavy atom. The van der Waals surface area contributed by atoms with E-state index in [9.17, 15) is 9.18 Å². The van der Waals surface area contributed by atoms with Crippen LogP contribution in [0.3, 0.4) is 0 Å². The van der Waals surface area contributed by atoms with Gasteiger partial charge in [-0.2, -0.15) is 0 Å². The number of aromatic nitrogens is 1. The molecule has 0 aliphatic heterocycles. The Balaban J connectivity index is 1.86. The predicted molar refractivity (Wildman–Crippen MR) is 108 cm³/mol. The molecule has 4 nitrogen and oxygen atoms in total. The number of halogens is 1. The first kappa shape index (κ1) is 19.5. The summed E-state index contributed by atoms with van der Waals surface area (Å²) >= 11 is 0. The van der Waals surface area contributed by atoms with Gasteiger partial charge in [-0.15, -0.1) is 0 Å². The molecule has 0 saturated carbocycles. The van der Waals surface area contributed by atoms with Crippen LogP contribution in [0.2, 0.25) is 0 Å². The van der Waals surface area contributed by atoms with Gasteiger partial charge >= 0.3 is 0 Å². The summed E-state index contributed by atoms with van der Waals surface area (Å²) in [4.78, 5) is 19.0. The van der Waals surface area contributed by atoms with Crippen molar-refractivity contribution in [2.24, 2.45) is 0 Å². The van der Waals surface area contributed by atoms with E-state index in [-0.39, 0.29) is 18.3 Å². The predicted octanol–water partition coefficient (Wildman–Crippen LogP) is 4.84. The molecule has 0 spiro atoms. The van der Waals surface area contributed by atoms with Gasteiger partial charge in [0, 0.05) is 6.20 Å². The number of hydrogen-bond donors (Lipinski definition) is 0. The van der Waals surface area contributed by atoms with Crippen LogP contribution < -0.4 is 9.64 Å². The zero-order chi connectivity index (χ0) is 20.1. The van der Waals surface area contributed by atoms with Crippen molar-refractivity contribution < 1.29 is 13.9 Å². The van der Waals surface area contributed by atoms with Crippen molar-refractivity contribution in [1.29, 1.82) is 0 Å². The first-order valence-electron chi connectivity index (χ1n) is 9.15. The van der Waals surface area contributed by atoms with Crippen LogP contribution in [0, 0.1) is 19.7 Å². The highest BCUT2D eigenvalue weighted by atomic mass is 19.1. The quantitative estimate of drug-likeness (QED) is 0.616. The van der Waals surface area contributed by atoms with Crippen molar-refractivity contribution in [3.05, 3.63) is 89.4 Å². The Bertz CT molecular complexity index is 960. The number of carbonyl (C=O) groups excluding carboxylic acids is 1. The van der Waals surface area contributed by atoms with E-state index >= 15 is 0 Å². The fourth-order valence-electron chi connectivity index (χ4n) is 2.92. The number of benzene rings is 2. The van der Waals surface area contributed by atoms with Crippen molar-refractivity contribution in [1.82, 2.24) is 4.98 Å². The molecular formula is C23H23FN2O2. The second-order valence-corrected chi connectivity index (χ2v) is 6.70. The van der Waals surface area contributed by atoms with Gasteiger partial charge in [0.05, 0.1) is 6.54 Å². The smallest absolute Gasteiger partial charge is 0.269 e. The van der Waals surface area contributed by atoms with Crippen LogP contribution in [0.15, 0.2) is 66.9 Å². The van der Waals surface area contributed by atoms with Crippen LogP contribution in [-0.2, 0) is 11.3 Å². The minimum Gasteiger partial charge on any atom is -0.481 e. The molecule has 0 N–H and O–H groups in total. The van der Waals surface area contributed by atoms with Gasteiger partial charge in [-0.3, -0.25) is 9.69 Å². The number of pyridine rings is 1. The molecule has 5 heteroatoms. The number of carbonyl (C=O) groups is 1. The lowest BCUT2D eigenvalue weighted by Crippen LogP contribution is -2.40. The Kier molecular flexibility index (Phi) is 6.04. The molecular weight excluding hydrogens is 355 g/mol. The Morgan fingerprint density at radius 2 is 1.89 bits per heavy atom. The Labute approximate surface area is 164 Å². The molecule has 3 rings (SSSR count). The summed E-state index contributed by atoms with van der Waals surface area (Å²) in [6, 6.07) is 17.3. The van der Waals surface area contributed by atoms with Crippen LogP contribution in [0.4, 0.5) is 10.2 Å². The number of anilines is 1. The highest BCUT2D eigenvalue weighted by Crippen LogP contribution is 2.23. The molecule has 0 fully saturated rings. The molecule has 3 aromatic rings. The van der Waals surface area contributed by atoms with E-state index in [0.29, 0.717) is 17.1 Å². The van der Waals surface area contributed by atoms with Gasteiger partial charge in [0.25, 0.3) is 5.91 Å². The van der Waals surface area contributed by atoms with Gasteiger partial charge < -0.3 is 4.74 Å². The standard InChI is InChI=1S/C23H23FN2O2/c1-16-8-6-11-21(17(16)2)28-18(3)23(27)26(22-12-4-5-13-25-22)15-19-9-7-10-20(24)14-19/h4-14,18H,15H2,1-3H3. The molecule has 1 unspecified atom stereocenters. The summed E-state index contributed by atoms with van der Waals surface area (Å²) in [7, 11) is 0. The third kappa shape index (κ3) is 4.55. The Morgan fingerprint density at radius 3 is 2.61 bits per heavy atom. The summed E-state index contributed by atoms with van der Waals surface area (Å²) in [5.74, 6) is 0.579. The number of nitrogens with zero attached hydrogens (tertiary/aromatic N) is 2. The fraction of sp³-hybridized carbons (Fsp3) is 0.217. The molecule has 1 amide bonds. The molecule has 0 aliphatic carbocycles. The average Bonchev–Trinajstić information content (AvgIpc) is 2.70. The SMILES string of the molecule is Cc1cccc(OC(C)C(=O)N(Cc2cccc(F)c2)c2ccccn2)c1C. The van der Waals surface area contributed by atoms with Crippen molar-refractivity contribution in [3.63, 3.8) is 0 Å². The summed E-state index contributed by atoms with van der Waals surface area (Å²) in [6.07, 6.45) is 0.897. The number of aryl methyl sites for hydroxylation is 1. The van der Waals surface area contributed by atoms with Gasteiger partial charge in [-0.05, 0) is 67.8 Å². The highest BCUT2D eigenvalue weighted by Gasteiger charge is 2.25. The number of rotatable bonds is 6. The van der Waals surface area contributed by atoms with E-state index in [1.54, 1.807) is 37.4 Å². The highest BCUT2D eigenvalue weighted by molar-refractivity contribution is 5.95. The van der Waals surface area contributed by atoms with Gasteiger partial charge in [0.1, 0.15) is 17.4 Å². The van der Waals surface area contributed by atoms with Crippen molar-refractivity contribution in [2.45, 2.75) is 33.4 Å². The summed E-state index contributed by atoms with van der Waals surface area (Å²) < 4.78 is 19.6. The molecule has 144 valence electrons. The molecule has 0 saturated heterocycles. The van der Waals surface area contributed by atoms with Gasteiger partial charge in [0.15, 0.2) is 6.10 Å². The lowest BCUT2D eigenvalue weighted by atomic mass is 10.1. The molecule has 2 aromatic carbocycles. The molecule has 0 aliphatic rings. The maximum atomic E-state index is 13.6. The minimum atomic E-state index is -0.726. The van der Waals surface area contributed by atoms with Crippen LogP contribution in [-0.4, -0.2) is 17.0 Å².